The number of benzene rings is 2. The minimum Gasteiger partial charge on any atom is -0.457 e. The Morgan fingerprint density at radius 3 is 2.67 bits per heavy atom. The van der Waals surface area contributed by atoms with Crippen LogP contribution in [0.25, 0.3) is 0 Å². The van der Waals surface area contributed by atoms with Crippen molar-refractivity contribution in [2.45, 2.75) is 19.3 Å². The summed E-state index contributed by atoms with van der Waals surface area (Å²) in [4.78, 5) is 0. The Balaban J connectivity index is 1.75. The van der Waals surface area contributed by atoms with Crippen molar-refractivity contribution in [1.82, 2.24) is 5.32 Å². The van der Waals surface area contributed by atoms with Crippen LogP contribution in [0.1, 0.15) is 18.4 Å². The van der Waals surface area contributed by atoms with Crippen LogP contribution >= 0.6 is 22.6 Å². The molecule has 3 heteroatoms. The van der Waals surface area contributed by atoms with E-state index < -0.39 is 0 Å². The van der Waals surface area contributed by atoms with Gasteiger partial charge in [-0.05, 0) is 90.7 Å². The number of halogens is 1. The Morgan fingerprint density at radius 2 is 1.86 bits per heavy atom. The number of ether oxygens (including phenoxy) is 1. The van der Waals surface area contributed by atoms with Gasteiger partial charge in [0.05, 0.1) is 0 Å². The minimum absolute atomic E-state index is 0.770. The summed E-state index contributed by atoms with van der Waals surface area (Å²) in [6, 6.07) is 16.6. The summed E-state index contributed by atoms with van der Waals surface area (Å²) in [6.07, 6.45) is 3.64. The number of nitrogens with one attached hydrogen (secondary N) is 1. The van der Waals surface area contributed by atoms with Crippen molar-refractivity contribution < 1.29 is 4.74 Å². The van der Waals surface area contributed by atoms with Crippen LogP contribution in [0.4, 0.5) is 0 Å². The summed E-state index contributed by atoms with van der Waals surface area (Å²) in [5, 5.41) is 3.43. The first-order valence-electron chi connectivity index (χ1n) is 7.53. The maximum atomic E-state index is 6.11. The lowest BCUT2D eigenvalue weighted by Gasteiger charge is -2.23. The van der Waals surface area contributed by atoms with E-state index in [4.69, 9.17) is 4.74 Å². The third-order valence-electron chi connectivity index (χ3n) is 3.96. The Bertz CT molecular complexity index is 593. The monoisotopic (exact) mass is 393 g/mol. The predicted octanol–water partition coefficient (Wildman–Crippen LogP) is 4.63. The molecule has 110 valence electrons. The molecule has 0 saturated carbocycles. The van der Waals surface area contributed by atoms with E-state index in [1.54, 1.807) is 0 Å². The summed E-state index contributed by atoms with van der Waals surface area (Å²) in [6.45, 7) is 2.29. The van der Waals surface area contributed by atoms with E-state index >= 15 is 0 Å². The lowest BCUT2D eigenvalue weighted by Crippen LogP contribution is -2.28. The second-order valence-corrected chi connectivity index (χ2v) is 6.81. The second-order valence-electron chi connectivity index (χ2n) is 5.56. The standard InChI is InChI=1S/C18H20INO/c19-16-5-3-6-17(13-16)21-18-7-2-1-4-15(18)12-14-8-10-20-11-9-14/h1-7,13-14,20H,8-12H2. The molecule has 0 aromatic heterocycles. The van der Waals surface area contributed by atoms with E-state index in [0.29, 0.717) is 0 Å². The van der Waals surface area contributed by atoms with E-state index in [0.717, 1.165) is 36.9 Å². The highest BCUT2D eigenvalue weighted by atomic mass is 127. The van der Waals surface area contributed by atoms with Gasteiger partial charge in [0.2, 0.25) is 0 Å². The van der Waals surface area contributed by atoms with Gasteiger partial charge < -0.3 is 10.1 Å². The largest absolute Gasteiger partial charge is 0.457 e. The summed E-state index contributed by atoms with van der Waals surface area (Å²) in [5.74, 6) is 2.68. The zero-order valence-electron chi connectivity index (χ0n) is 12.0. The minimum atomic E-state index is 0.770. The molecule has 0 atom stereocenters. The van der Waals surface area contributed by atoms with Gasteiger partial charge >= 0.3 is 0 Å². The average Bonchev–Trinajstić information content (AvgIpc) is 2.50. The Labute approximate surface area is 140 Å². The lowest BCUT2D eigenvalue weighted by molar-refractivity contribution is 0.367. The van der Waals surface area contributed by atoms with Gasteiger partial charge in [-0.15, -0.1) is 0 Å². The fourth-order valence-electron chi connectivity index (χ4n) is 2.83. The predicted molar refractivity (Wildman–Crippen MR) is 95.0 cm³/mol. The van der Waals surface area contributed by atoms with Gasteiger partial charge in [-0.25, -0.2) is 0 Å². The smallest absolute Gasteiger partial charge is 0.130 e. The van der Waals surface area contributed by atoms with E-state index in [1.807, 2.05) is 12.1 Å². The average molecular weight is 393 g/mol. The summed E-state index contributed by atoms with van der Waals surface area (Å²) in [7, 11) is 0. The van der Waals surface area contributed by atoms with Crippen LogP contribution in [-0.2, 0) is 6.42 Å². The van der Waals surface area contributed by atoms with Crippen LogP contribution in [-0.4, -0.2) is 13.1 Å². The Morgan fingerprint density at radius 1 is 1.05 bits per heavy atom. The van der Waals surface area contributed by atoms with E-state index in [2.05, 4.69) is 64.3 Å². The van der Waals surface area contributed by atoms with Crippen LogP contribution in [0.15, 0.2) is 48.5 Å². The molecule has 2 aromatic rings. The van der Waals surface area contributed by atoms with Crippen molar-refractivity contribution in [3.63, 3.8) is 0 Å². The number of hydrogen-bond donors (Lipinski definition) is 1. The molecule has 0 bridgehead atoms. The third kappa shape index (κ3) is 4.20. The van der Waals surface area contributed by atoms with Crippen LogP contribution in [0.2, 0.25) is 0 Å². The molecule has 1 heterocycles. The Hall–Kier alpha value is -1.07. The van der Waals surface area contributed by atoms with Crippen molar-refractivity contribution >= 4 is 22.6 Å². The quantitative estimate of drug-likeness (QED) is 0.766. The first-order chi connectivity index (χ1) is 10.3. The van der Waals surface area contributed by atoms with Crippen molar-refractivity contribution in [3.8, 4) is 11.5 Å². The summed E-state index contributed by atoms with van der Waals surface area (Å²) >= 11 is 2.31. The van der Waals surface area contributed by atoms with Gasteiger partial charge in [0.1, 0.15) is 11.5 Å². The van der Waals surface area contributed by atoms with Gasteiger partial charge in [0, 0.05) is 3.57 Å². The molecular weight excluding hydrogens is 373 g/mol. The van der Waals surface area contributed by atoms with Crippen molar-refractivity contribution in [2.75, 3.05) is 13.1 Å². The van der Waals surface area contributed by atoms with E-state index in [1.165, 1.54) is 22.0 Å². The molecular formula is C18H20INO. The maximum Gasteiger partial charge on any atom is 0.130 e. The van der Waals surface area contributed by atoms with Gasteiger partial charge in [0.25, 0.3) is 0 Å². The molecule has 3 rings (SSSR count). The van der Waals surface area contributed by atoms with Crippen molar-refractivity contribution in [1.29, 1.82) is 0 Å². The molecule has 1 saturated heterocycles. The molecule has 0 radical (unpaired) electrons. The molecule has 2 nitrogen and oxygen atoms in total. The molecule has 2 aromatic carbocycles. The first-order valence-corrected chi connectivity index (χ1v) is 8.61. The van der Waals surface area contributed by atoms with Gasteiger partial charge in [-0.1, -0.05) is 24.3 Å². The molecule has 0 aliphatic carbocycles. The topological polar surface area (TPSA) is 21.3 Å². The fourth-order valence-corrected chi connectivity index (χ4v) is 3.34. The fraction of sp³-hybridized carbons (Fsp3) is 0.333. The van der Waals surface area contributed by atoms with Crippen LogP contribution in [0.5, 0.6) is 11.5 Å². The molecule has 0 amide bonds. The molecule has 1 N–H and O–H groups in total. The van der Waals surface area contributed by atoms with Gasteiger partial charge in [-0.3, -0.25) is 0 Å². The van der Waals surface area contributed by atoms with Gasteiger partial charge in [-0.2, -0.15) is 0 Å². The third-order valence-corrected chi connectivity index (χ3v) is 4.63. The molecule has 1 aliphatic rings. The molecule has 1 fully saturated rings. The first kappa shape index (κ1) is 14.9. The number of para-hydroxylation sites is 1. The van der Waals surface area contributed by atoms with Crippen LogP contribution in [0.3, 0.4) is 0 Å². The van der Waals surface area contributed by atoms with Crippen molar-refractivity contribution in [3.05, 3.63) is 57.7 Å². The molecule has 0 unspecified atom stereocenters. The zero-order valence-corrected chi connectivity index (χ0v) is 14.2. The number of piperidine rings is 1. The van der Waals surface area contributed by atoms with Crippen LogP contribution in [0, 0.1) is 9.49 Å². The van der Waals surface area contributed by atoms with Crippen molar-refractivity contribution in [2.24, 2.45) is 5.92 Å². The van der Waals surface area contributed by atoms with Crippen LogP contribution < -0.4 is 10.1 Å². The highest BCUT2D eigenvalue weighted by Gasteiger charge is 2.15. The molecule has 1 aliphatic heterocycles. The zero-order chi connectivity index (χ0) is 14.5. The summed E-state index contributed by atoms with van der Waals surface area (Å²) in [5.41, 5.74) is 1.32. The Kier molecular flexibility index (Phi) is 5.14. The highest BCUT2D eigenvalue weighted by Crippen LogP contribution is 2.29. The molecule has 21 heavy (non-hydrogen) atoms. The maximum absolute atomic E-state index is 6.11. The van der Waals surface area contributed by atoms with Gasteiger partial charge in [0.15, 0.2) is 0 Å². The second kappa shape index (κ2) is 7.27. The van der Waals surface area contributed by atoms with E-state index in [-0.39, 0.29) is 0 Å². The normalized spacial score (nSPS) is 15.9. The highest BCUT2D eigenvalue weighted by molar-refractivity contribution is 14.1. The number of rotatable bonds is 4. The van der Waals surface area contributed by atoms with E-state index in [9.17, 15) is 0 Å². The summed E-state index contributed by atoms with van der Waals surface area (Å²) < 4.78 is 7.31. The lowest BCUT2D eigenvalue weighted by atomic mass is 9.90. The molecule has 0 spiro atoms. The number of hydrogen-bond acceptors (Lipinski definition) is 2. The SMILES string of the molecule is Ic1cccc(Oc2ccccc2CC2CCNCC2)c1.